The number of nitrogens with one attached hydrogen (secondary N) is 2. The largest absolute Gasteiger partial charge is 0.448 e. The number of carbonyl (C=O) groups is 2. The minimum absolute atomic E-state index is 0.0874. The second-order valence-corrected chi connectivity index (χ2v) is 6.51. The van der Waals surface area contributed by atoms with Crippen LogP contribution in [0.25, 0.3) is 10.8 Å². The third-order valence-electron chi connectivity index (χ3n) is 3.67. The number of esters is 1. The molecule has 0 fully saturated rings. The van der Waals surface area contributed by atoms with Crippen LogP contribution in [0, 0.1) is 0 Å². The monoisotopic (exact) mass is 405 g/mol. The van der Waals surface area contributed by atoms with E-state index in [9.17, 15) is 14.4 Å². The smallest absolute Gasteiger partial charge is 0.360 e. The van der Waals surface area contributed by atoms with E-state index in [4.69, 9.17) is 27.9 Å². The van der Waals surface area contributed by atoms with Gasteiger partial charge in [-0.2, -0.15) is 5.10 Å². The summed E-state index contributed by atoms with van der Waals surface area (Å²) < 4.78 is 5.18. The van der Waals surface area contributed by atoms with Crippen molar-refractivity contribution in [3.63, 3.8) is 0 Å². The molecule has 1 aromatic heterocycles. The fourth-order valence-electron chi connectivity index (χ4n) is 2.41. The molecule has 0 spiro atoms. The molecule has 0 unspecified atom stereocenters. The Balaban J connectivity index is 1.77. The number of rotatable bonds is 4. The Labute approximate surface area is 163 Å². The van der Waals surface area contributed by atoms with Crippen LogP contribution in [0.1, 0.15) is 17.4 Å². The topological polar surface area (TPSA) is 101 Å². The molecule has 27 heavy (non-hydrogen) atoms. The molecule has 0 saturated heterocycles. The van der Waals surface area contributed by atoms with Gasteiger partial charge in [0.25, 0.3) is 11.5 Å². The number of halogens is 2. The van der Waals surface area contributed by atoms with Crippen LogP contribution < -0.4 is 10.9 Å². The van der Waals surface area contributed by atoms with Gasteiger partial charge < -0.3 is 10.1 Å². The minimum atomic E-state index is -1.12. The Morgan fingerprint density at radius 2 is 1.74 bits per heavy atom. The van der Waals surface area contributed by atoms with Crippen LogP contribution in [-0.4, -0.2) is 28.2 Å². The molecule has 1 heterocycles. The maximum absolute atomic E-state index is 12.4. The molecule has 3 aromatic rings. The quantitative estimate of drug-likeness (QED) is 0.647. The molecule has 1 atom stereocenters. The Kier molecular flexibility index (Phi) is 5.43. The van der Waals surface area contributed by atoms with Gasteiger partial charge in [-0.25, -0.2) is 9.89 Å². The van der Waals surface area contributed by atoms with Gasteiger partial charge in [0.2, 0.25) is 0 Å². The van der Waals surface area contributed by atoms with Gasteiger partial charge in [-0.05, 0) is 31.2 Å². The highest BCUT2D eigenvalue weighted by molar-refractivity contribution is 6.35. The van der Waals surface area contributed by atoms with Crippen LogP contribution in [-0.2, 0) is 9.53 Å². The van der Waals surface area contributed by atoms with Gasteiger partial charge in [-0.3, -0.25) is 9.59 Å². The standard InChI is InChI=1S/C18H13Cl2N3O4/c1-9(16(24)21-12-7-10(19)6-11(20)8-12)27-18(26)15-13-4-2-3-5-14(13)17(25)23-22-15/h2-9H,1H3,(H,21,24)(H,23,25)/t9-/m0/s1. The van der Waals surface area contributed by atoms with Gasteiger partial charge in [0.1, 0.15) is 0 Å². The number of anilines is 1. The van der Waals surface area contributed by atoms with Crippen molar-refractivity contribution in [3.8, 4) is 0 Å². The molecule has 1 amide bonds. The molecule has 138 valence electrons. The number of carbonyl (C=O) groups excluding carboxylic acids is 2. The van der Waals surface area contributed by atoms with Crippen LogP contribution in [0.4, 0.5) is 5.69 Å². The molecule has 2 N–H and O–H groups in total. The third-order valence-corrected chi connectivity index (χ3v) is 4.11. The normalized spacial score (nSPS) is 11.8. The third kappa shape index (κ3) is 4.27. The summed E-state index contributed by atoms with van der Waals surface area (Å²) in [6.45, 7) is 1.41. The summed E-state index contributed by atoms with van der Waals surface area (Å²) in [4.78, 5) is 36.5. The van der Waals surface area contributed by atoms with Crippen molar-refractivity contribution in [2.24, 2.45) is 0 Å². The number of nitrogens with zero attached hydrogens (tertiary/aromatic N) is 1. The van der Waals surface area contributed by atoms with E-state index in [1.54, 1.807) is 24.3 Å². The zero-order chi connectivity index (χ0) is 19.6. The van der Waals surface area contributed by atoms with Crippen LogP contribution >= 0.6 is 23.2 Å². The first-order valence-electron chi connectivity index (χ1n) is 7.80. The lowest BCUT2D eigenvalue weighted by Gasteiger charge is -2.14. The molecule has 0 saturated carbocycles. The fourth-order valence-corrected chi connectivity index (χ4v) is 2.94. The van der Waals surface area contributed by atoms with E-state index in [1.165, 1.54) is 25.1 Å². The zero-order valence-electron chi connectivity index (χ0n) is 14.0. The molecule has 0 bridgehead atoms. The zero-order valence-corrected chi connectivity index (χ0v) is 15.5. The summed E-state index contributed by atoms with van der Waals surface area (Å²) in [6.07, 6.45) is -1.12. The number of ether oxygens (including phenoxy) is 1. The SMILES string of the molecule is C[C@H](OC(=O)c1n[nH]c(=O)c2ccccc12)C(=O)Nc1cc(Cl)cc(Cl)c1. The van der Waals surface area contributed by atoms with E-state index in [2.05, 4.69) is 15.5 Å². The fraction of sp³-hybridized carbons (Fsp3) is 0.111. The maximum Gasteiger partial charge on any atom is 0.360 e. The Hall–Kier alpha value is -2.90. The predicted octanol–water partition coefficient (Wildman–Crippen LogP) is 3.41. The molecule has 3 rings (SSSR count). The van der Waals surface area contributed by atoms with Crippen LogP contribution in [0.3, 0.4) is 0 Å². The van der Waals surface area contributed by atoms with Crippen LogP contribution in [0.15, 0.2) is 47.3 Å². The number of aromatic amines is 1. The molecule has 2 aromatic carbocycles. The number of H-pyrrole nitrogens is 1. The van der Waals surface area contributed by atoms with Gasteiger partial charge in [0.05, 0.1) is 5.39 Å². The lowest BCUT2D eigenvalue weighted by atomic mass is 10.1. The summed E-state index contributed by atoms with van der Waals surface area (Å²) in [7, 11) is 0. The average molecular weight is 406 g/mol. The molecule has 9 heteroatoms. The Morgan fingerprint density at radius 1 is 1.11 bits per heavy atom. The van der Waals surface area contributed by atoms with Gasteiger partial charge in [-0.15, -0.1) is 0 Å². The second-order valence-electron chi connectivity index (χ2n) is 5.64. The van der Waals surface area contributed by atoms with Crippen molar-refractivity contribution >= 4 is 51.5 Å². The number of aromatic nitrogens is 2. The minimum Gasteiger partial charge on any atom is -0.448 e. The summed E-state index contributed by atoms with van der Waals surface area (Å²) in [6, 6.07) is 11.0. The lowest BCUT2D eigenvalue weighted by molar-refractivity contribution is -0.123. The predicted molar refractivity (Wildman–Crippen MR) is 102 cm³/mol. The number of hydrogen-bond acceptors (Lipinski definition) is 5. The number of hydrogen-bond donors (Lipinski definition) is 2. The van der Waals surface area contributed by atoms with Crippen molar-refractivity contribution in [2.45, 2.75) is 13.0 Å². The number of amides is 1. The summed E-state index contributed by atoms with van der Waals surface area (Å²) in [5, 5.41) is 9.89. The first-order chi connectivity index (χ1) is 12.8. The van der Waals surface area contributed by atoms with E-state index < -0.39 is 23.5 Å². The highest BCUT2D eigenvalue weighted by atomic mass is 35.5. The number of fused-ring (bicyclic) bond motifs is 1. The van der Waals surface area contributed by atoms with E-state index in [1.807, 2.05) is 0 Å². The highest BCUT2D eigenvalue weighted by Crippen LogP contribution is 2.22. The van der Waals surface area contributed by atoms with Gasteiger partial charge >= 0.3 is 5.97 Å². The molecule has 0 radical (unpaired) electrons. The molecule has 7 nitrogen and oxygen atoms in total. The summed E-state index contributed by atoms with van der Waals surface area (Å²) in [5.41, 5.74) is -0.144. The Bertz CT molecular complexity index is 1080. The van der Waals surface area contributed by atoms with E-state index in [0.717, 1.165) is 0 Å². The molecular formula is C18H13Cl2N3O4. The van der Waals surface area contributed by atoms with Crippen molar-refractivity contribution in [3.05, 3.63) is 68.6 Å². The molecule has 0 aliphatic carbocycles. The van der Waals surface area contributed by atoms with Crippen molar-refractivity contribution in [1.82, 2.24) is 10.2 Å². The van der Waals surface area contributed by atoms with E-state index in [-0.39, 0.29) is 5.69 Å². The first-order valence-corrected chi connectivity index (χ1v) is 8.56. The van der Waals surface area contributed by atoms with Crippen molar-refractivity contribution < 1.29 is 14.3 Å². The number of benzene rings is 2. The second kappa shape index (κ2) is 7.77. The molecule has 0 aliphatic rings. The van der Waals surface area contributed by atoms with Crippen molar-refractivity contribution in [1.29, 1.82) is 0 Å². The Morgan fingerprint density at radius 3 is 2.41 bits per heavy atom. The van der Waals surface area contributed by atoms with Gasteiger partial charge in [0.15, 0.2) is 11.8 Å². The van der Waals surface area contributed by atoms with Crippen LogP contribution in [0.5, 0.6) is 0 Å². The average Bonchev–Trinajstić information content (AvgIpc) is 2.61. The van der Waals surface area contributed by atoms with Crippen LogP contribution in [0.2, 0.25) is 10.0 Å². The van der Waals surface area contributed by atoms with Gasteiger partial charge in [0, 0.05) is 21.1 Å². The van der Waals surface area contributed by atoms with Crippen molar-refractivity contribution in [2.75, 3.05) is 5.32 Å². The maximum atomic E-state index is 12.4. The molecule has 0 aliphatic heterocycles. The highest BCUT2D eigenvalue weighted by Gasteiger charge is 2.22. The van der Waals surface area contributed by atoms with E-state index in [0.29, 0.717) is 26.5 Å². The lowest BCUT2D eigenvalue weighted by Crippen LogP contribution is -2.30. The van der Waals surface area contributed by atoms with Gasteiger partial charge in [-0.1, -0.05) is 41.4 Å². The van der Waals surface area contributed by atoms with E-state index >= 15 is 0 Å². The summed E-state index contributed by atoms with van der Waals surface area (Å²) >= 11 is 11.8. The summed E-state index contributed by atoms with van der Waals surface area (Å²) in [5.74, 6) is -1.41. The first kappa shape index (κ1) is 18.9. The molecular weight excluding hydrogens is 393 g/mol.